The summed E-state index contributed by atoms with van der Waals surface area (Å²) in [5.74, 6) is -1.62. The van der Waals surface area contributed by atoms with E-state index in [0.717, 1.165) is 25.8 Å². The summed E-state index contributed by atoms with van der Waals surface area (Å²) in [6.07, 6.45) is 5.57. The number of aromatic nitrogens is 2. The van der Waals surface area contributed by atoms with E-state index in [4.69, 9.17) is 4.74 Å². The molecule has 1 aliphatic rings. The number of aryl methyl sites for hydroxylation is 1. The SMILES string of the molecule is CCCn1cc(C(=O)NC(C(=O)O)C2CCCOC2)cn1. The molecule has 0 spiro atoms. The van der Waals surface area contributed by atoms with Gasteiger partial charge in [0.05, 0.1) is 18.4 Å². The van der Waals surface area contributed by atoms with E-state index in [0.29, 0.717) is 18.8 Å². The average molecular weight is 295 g/mol. The van der Waals surface area contributed by atoms with Gasteiger partial charge in [0.15, 0.2) is 0 Å². The number of rotatable bonds is 6. The fraction of sp³-hybridized carbons (Fsp3) is 0.643. The van der Waals surface area contributed by atoms with Crippen molar-refractivity contribution < 1.29 is 19.4 Å². The van der Waals surface area contributed by atoms with Gasteiger partial charge in [0.25, 0.3) is 5.91 Å². The molecule has 2 atom stereocenters. The summed E-state index contributed by atoms with van der Waals surface area (Å²) >= 11 is 0. The first-order chi connectivity index (χ1) is 10.1. The number of carboxylic acid groups (broad SMARTS) is 1. The molecule has 1 fully saturated rings. The molecule has 116 valence electrons. The van der Waals surface area contributed by atoms with Crippen molar-refractivity contribution in [2.45, 2.75) is 38.8 Å². The summed E-state index contributed by atoms with van der Waals surface area (Å²) in [6.45, 7) is 3.77. The molecule has 2 N–H and O–H groups in total. The Bertz CT molecular complexity index is 494. The van der Waals surface area contributed by atoms with E-state index in [1.807, 2.05) is 6.92 Å². The molecule has 1 saturated heterocycles. The summed E-state index contributed by atoms with van der Waals surface area (Å²) < 4.78 is 6.98. The molecule has 0 aromatic carbocycles. The third-order valence-electron chi connectivity index (χ3n) is 3.57. The molecule has 2 rings (SSSR count). The molecular formula is C14H21N3O4. The van der Waals surface area contributed by atoms with Crippen LogP contribution in [0.15, 0.2) is 12.4 Å². The maximum absolute atomic E-state index is 12.2. The summed E-state index contributed by atoms with van der Waals surface area (Å²) in [5, 5.41) is 16.0. The minimum atomic E-state index is -1.03. The fourth-order valence-corrected chi connectivity index (χ4v) is 2.47. The molecular weight excluding hydrogens is 274 g/mol. The van der Waals surface area contributed by atoms with Gasteiger partial charge in [-0.3, -0.25) is 9.48 Å². The standard InChI is InChI=1S/C14H21N3O4/c1-2-5-17-8-11(7-15-17)13(18)16-12(14(19)20)10-4-3-6-21-9-10/h7-8,10,12H,2-6,9H2,1H3,(H,16,18)(H,19,20). The number of carbonyl (C=O) groups excluding carboxylic acids is 1. The Kier molecular flexibility index (Phi) is 5.32. The average Bonchev–Trinajstić information content (AvgIpc) is 2.94. The third kappa shape index (κ3) is 4.04. The van der Waals surface area contributed by atoms with Crippen molar-refractivity contribution in [3.63, 3.8) is 0 Å². The number of hydrogen-bond donors (Lipinski definition) is 2. The Hall–Kier alpha value is -1.89. The van der Waals surface area contributed by atoms with Gasteiger partial charge in [-0.1, -0.05) is 6.92 Å². The molecule has 2 unspecified atom stereocenters. The lowest BCUT2D eigenvalue weighted by Crippen LogP contribution is -2.48. The summed E-state index contributed by atoms with van der Waals surface area (Å²) in [6, 6.07) is -0.924. The molecule has 21 heavy (non-hydrogen) atoms. The van der Waals surface area contributed by atoms with Crippen LogP contribution < -0.4 is 5.32 Å². The van der Waals surface area contributed by atoms with Crippen molar-refractivity contribution in [1.29, 1.82) is 0 Å². The van der Waals surface area contributed by atoms with Crippen LogP contribution in [0.25, 0.3) is 0 Å². The van der Waals surface area contributed by atoms with Crippen LogP contribution in [0, 0.1) is 5.92 Å². The smallest absolute Gasteiger partial charge is 0.326 e. The molecule has 7 nitrogen and oxygen atoms in total. The lowest BCUT2D eigenvalue weighted by Gasteiger charge is -2.27. The maximum Gasteiger partial charge on any atom is 0.326 e. The summed E-state index contributed by atoms with van der Waals surface area (Å²) in [4.78, 5) is 23.5. The van der Waals surface area contributed by atoms with Gasteiger partial charge in [0.1, 0.15) is 6.04 Å². The normalized spacial score (nSPS) is 20.0. The van der Waals surface area contributed by atoms with E-state index in [9.17, 15) is 14.7 Å². The molecule has 1 aromatic heterocycles. The highest BCUT2D eigenvalue weighted by molar-refractivity contribution is 5.96. The van der Waals surface area contributed by atoms with E-state index in [1.165, 1.54) is 6.20 Å². The Morgan fingerprint density at radius 1 is 1.62 bits per heavy atom. The number of nitrogens with one attached hydrogen (secondary N) is 1. The Morgan fingerprint density at radius 2 is 2.43 bits per heavy atom. The van der Waals surface area contributed by atoms with E-state index in [-0.39, 0.29) is 5.92 Å². The molecule has 0 aliphatic carbocycles. The maximum atomic E-state index is 12.2. The summed E-state index contributed by atoms with van der Waals surface area (Å²) in [5.41, 5.74) is 0.381. The zero-order valence-corrected chi connectivity index (χ0v) is 12.1. The molecule has 1 aromatic rings. The molecule has 1 amide bonds. The van der Waals surface area contributed by atoms with Gasteiger partial charge in [-0.05, 0) is 19.3 Å². The van der Waals surface area contributed by atoms with Crippen LogP contribution in [0.4, 0.5) is 0 Å². The number of amides is 1. The van der Waals surface area contributed by atoms with Crippen LogP contribution in [-0.2, 0) is 16.1 Å². The minimum Gasteiger partial charge on any atom is -0.480 e. The number of aliphatic carboxylic acids is 1. The molecule has 2 heterocycles. The van der Waals surface area contributed by atoms with E-state index >= 15 is 0 Å². The second-order valence-corrected chi connectivity index (χ2v) is 5.26. The summed E-state index contributed by atoms with van der Waals surface area (Å²) in [7, 11) is 0. The van der Waals surface area contributed by atoms with E-state index < -0.39 is 17.9 Å². The van der Waals surface area contributed by atoms with Crippen LogP contribution in [0.1, 0.15) is 36.5 Å². The van der Waals surface area contributed by atoms with Crippen molar-refractivity contribution >= 4 is 11.9 Å². The molecule has 0 radical (unpaired) electrons. The molecule has 7 heteroatoms. The fourth-order valence-electron chi connectivity index (χ4n) is 2.47. The zero-order chi connectivity index (χ0) is 15.2. The minimum absolute atomic E-state index is 0.189. The highest BCUT2D eigenvalue weighted by Crippen LogP contribution is 2.18. The highest BCUT2D eigenvalue weighted by atomic mass is 16.5. The van der Waals surface area contributed by atoms with Crippen molar-refractivity contribution in [3.8, 4) is 0 Å². The van der Waals surface area contributed by atoms with Gasteiger partial charge in [0, 0.05) is 25.3 Å². The number of carbonyl (C=O) groups is 2. The lowest BCUT2D eigenvalue weighted by atomic mass is 9.93. The number of hydrogen-bond acceptors (Lipinski definition) is 4. The van der Waals surface area contributed by atoms with Crippen LogP contribution in [0.3, 0.4) is 0 Å². The second-order valence-electron chi connectivity index (χ2n) is 5.26. The first kappa shape index (κ1) is 15.5. The van der Waals surface area contributed by atoms with Gasteiger partial charge in [-0.25, -0.2) is 4.79 Å². The topological polar surface area (TPSA) is 93.5 Å². The van der Waals surface area contributed by atoms with Crippen LogP contribution in [0.5, 0.6) is 0 Å². The van der Waals surface area contributed by atoms with Gasteiger partial charge in [-0.15, -0.1) is 0 Å². The van der Waals surface area contributed by atoms with Gasteiger partial charge in [-0.2, -0.15) is 5.10 Å². The van der Waals surface area contributed by atoms with Crippen molar-refractivity contribution in [1.82, 2.24) is 15.1 Å². The van der Waals surface area contributed by atoms with Crippen molar-refractivity contribution in [2.75, 3.05) is 13.2 Å². The predicted molar refractivity (Wildman–Crippen MR) is 75.0 cm³/mol. The van der Waals surface area contributed by atoms with Gasteiger partial charge >= 0.3 is 5.97 Å². The Balaban J connectivity index is 2.01. The first-order valence-electron chi connectivity index (χ1n) is 7.25. The number of nitrogens with zero attached hydrogens (tertiary/aromatic N) is 2. The lowest BCUT2D eigenvalue weighted by molar-refractivity contribution is -0.142. The quantitative estimate of drug-likeness (QED) is 0.813. The second kappa shape index (κ2) is 7.21. The van der Waals surface area contributed by atoms with E-state index in [1.54, 1.807) is 10.9 Å². The van der Waals surface area contributed by atoms with Crippen LogP contribution >= 0.6 is 0 Å². The monoisotopic (exact) mass is 295 g/mol. The number of ether oxygens (including phenoxy) is 1. The largest absolute Gasteiger partial charge is 0.480 e. The highest BCUT2D eigenvalue weighted by Gasteiger charge is 2.31. The van der Waals surface area contributed by atoms with E-state index in [2.05, 4.69) is 10.4 Å². The first-order valence-corrected chi connectivity index (χ1v) is 7.25. The van der Waals surface area contributed by atoms with Crippen LogP contribution in [0.2, 0.25) is 0 Å². The molecule has 1 aliphatic heterocycles. The van der Waals surface area contributed by atoms with Crippen molar-refractivity contribution in [3.05, 3.63) is 18.0 Å². The van der Waals surface area contributed by atoms with Crippen molar-refractivity contribution in [2.24, 2.45) is 5.92 Å². The van der Waals surface area contributed by atoms with Gasteiger partial charge < -0.3 is 15.2 Å². The Labute approximate surface area is 123 Å². The predicted octanol–water partition coefficient (Wildman–Crippen LogP) is 0.903. The van der Waals surface area contributed by atoms with Gasteiger partial charge in [0.2, 0.25) is 0 Å². The zero-order valence-electron chi connectivity index (χ0n) is 12.1. The number of carboxylic acids is 1. The Morgan fingerprint density at radius 3 is 3.05 bits per heavy atom. The van der Waals surface area contributed by atoms with Crippen LogP contribution in [-0.4, -0.2) is 46.0 Å². The molecule has 0 saturated carbocycles. The third-order valence-corrected chi connectivity index (χ3v) is 3.57. The molecule has 0 bridgehead atoms.